The van der Waals surface area contributed by atoms with Gasteiger partial charge in [0.15, 0.2) is 5.65 Å². The summed E-state index contributed by atoms with van der Waals surface area (Å²) in [4.78, 5) is 22.1. The summed E-state index contributed by atoms with van der Waals surface area (Å²) >= 11 is 0. The number of aromatic nitrogens is 5. The first-order valence-corrected chi connectivity index (χ1v) is 12.1. The molecule has 0 bridgehead atoms. The molecule has 5 rings (SSSR count). The molecule has 1 fully saturated rings. The third-order valence-corrected chi connectivity index (χ3v) is 6.91. The van der Waals surface area contributed by atoms with Gasteiger partial charge in [-0.05, 0) is 51.7 Å². The van der Waals surface area contributed by atoms with Crippen LogP contribution < -0.4 is 5.69 Å². The highest BCUT2D eigenvalue weighted by molar-refractivity contribution is 6.02. The minimum Gasteiger partial charge on any atom is -0.374 e. The maximum atomic E-state index is 12.8. The molecule has 184 valence electrons. The van der Waals surface area contributed by atoms with Gasteiger partial charge in [-0.3, -0.25) is 19.0 Å². The van der Waals surface area contributed by atoms with E-state index in [0.717, 1.165) is 52.9 Å². The van der Waals surface area contributed by atoms with Crippen molar-refractivity contribution >= 4 is 22.1 Å². The van der Waals surface area contributed by atoms with Crippen molar-refractivity contribution in [2.75, 3.05) is 40.3 Å². The summed E-state index contributed by atoms with van der Waals surface area (Å²) in [5.74, 6) is 0. The molecule has 9 nitrogen and oxygen atoms in total. The van der Waals surface area contributed by atoms with E-state index in [9.17, 15) is 4.79 Å². The smallest absolute Gasteiger partial charge is 0.330 e. The monoisotopic (exact) mass is 475 g/mol. The van der Waals surface area contributed by atoms with E-state index >= 15 is 0 Å². The van der Waals surface area contributed by atoms with Crippen molar-refractivity contribution in [2.45, 2.75) is 32.5 Å². The predicted octanol–water partition coefficient (Wildman–Crippen LogP) is 2.69. The van der Waals surface area contributed by atoms with Crippen molar-refractivity contribution < 1.29 is 4.74 Å². The van der Waals surface area contributed by atoms with Gasteiger partial charge in [-0.2, -0.15) is 0 Å². The number of hydrogen-bond donors (Lipinski definition) is 0. The predicted molar refractivity (Wildman–Crippen MR) is 137 cm³/mol. The summed E-state index contributed by atoms with van der Waals surface area (Å²) in [6, 6.07) is 10.8. The number of pyridine rings is 1. The van der Waals surface area contributed by atoms with E-state index in [1.54, 1.807) is 16.2 Å². The summed E-state index contributed by atoms with van der Waals surface area (Å²) in [5, 5.41) is 9.57. The van der Waals surface area contributed by atoms with Crippen molar-refractivity contribution in [1.82, 2.24) is 34.1 Å². The zero-order valence-electron chi connectivity index (χ0n) is 21.1. The van der Waals surface area contributed by atoms with Gasteiger partial charge in [0.1, 0.15) is 5.52 Å². The zero-order chi connectivity index (χ0) is 24.7. The highest BCUT2D eigenvalue weighted by atomic mass is 16.5. The van der Waals surface area contributed by atoms with E-state index < -0.39 is 0 Å². The number of nitrogens with zero attached hydrogens (tertiary/aromatic N) is 7. The van der Waals surface area contributed by atoms with Gasteiger partial charge in [-0.15, -0.1) is 10.2 Å². The molecular formula is C26H33N7O2. The number of ether oxygens (including phenoxy) is 1. The Labute approximate surface area is 204 Å². The lowest BCUT2D eigenvalue weighted by molar-refractivity contribution is 0.0258. The van der Waals surface area contributed by atoms with Crippen molar-refractivity contribution in [3.8, 4) is 11.1 Å². The molecule has 1 saturated heterocycles. The average molecular weight is 476 g/mol. The van der Waals surface area contributed by atoms with Gasteiger partial charge in [-0.1, -0.05) is 12.1 Å². The van der Waals surface area contributed by atoms with Crippen LogP contribution in [0.4, 0.5) is 0 Å². The molecule has 1 aromatic carbocycles. The minimum atomic E-state index is -0.0835. The maximum absolute atomic E-state index is 12.8. The second-order valence-electron chi connectivity index (χ2n) is 9.88. The quantitative estimate of drug-likeness (QED) is 0.363. The molecule has 0 N–H and O–H groups in total. The Morgan fingerprint density at radius 2 is 1.89 bits per heavy atom. The lowest BCUT2D eigenvalue weighted by Crippen LogP contribution is -2.57. The minimum absolute atomic E-state index is 0.0127. The van der Waals surface area contributed by atoms with Crippen LogP contribution in [0.2, 0.25) is 0 Å². The van der Waals surface area contributed by atoms with Gasteiger partial charge >= 0.3 is 5.69 Å². The SMILES string of the molecule is CC(C)n1c(=O)n(C)c2nnc3ccc(-c4ccc(COCCN5CC(N(C)C)C5)nc4)cc3c21. The Bertz CT molecular complexity index is 1400. The van der Waals surface area contributed by atoms with Crippen molar-refractivity contribution in [3.05, 3.63) is 52.7 Å². The van der Waals surface area contributed by atoms with Crippen LogP contribution in [0, 0.1) is 0 Å². The van der Waals surface area contributed by atoms with E-state index in [-0.39, 0.29) is 11.7 Å². The van der Waals surface area contributed by atoms with Gasteiger partial charge in [-0.25, -0.2) is 4.79 Å². The van der Waals surface area contributed by atoms with E-state index in [1.165, 1.54) is 0 Å². The number of fused-ring (bicyclic) bond motifs is 3. The van der Waals surface area contributed by atoms with Crippen LogP contribution >= 0.6 is 0 Å². The number of likely N-dealkylation sites (N-methyl/N-ethyl adjacent to an activating group) is 1. The molecule has 4 aromatic rings. The Hall–Kier alpha value is -3.14. The maximum Gasteiger partial charge on any atom is 0.330 e. The van der Waals surface area contributed by atoms with Crippen LogP contribution in [0.3, 0.4) is 0 Å². The molecular weight excluding hydrogens is 442 g/mol. The first kappa shape index (κ1) is 23.6. The molecule has 0 atom stereocenters. The normalized spacial score (nSPS) is 15.1. The molecule has 1 aliphatic heterocycles. The van der Waals surface area contributed by atoms with E-state index in [0.29, 0.717) is 24.9 Å². The number of rotatable bonds is 8. The largest absolute Gasteiger partial charge is 0.374 e. The molecule has 0 unspecified atom stereocenters. The fourth-order valence-corrected chi connectivity index (χ4v) is 4.65. The van der Waals surface area contributed by atoms with Gasteiger partial charge in [0, 0.05) is 55.9 Å². The number of aryl methyl sites for hydroxylation is 1. The summed E-state index contributed by atoms with van der Waals surface area (Å²) in [5.41, 5.74) is 5.02. The van der Waals surface area contributed by atoms with Gasteiger partial charge in [0.25, 0.3) is 0 Å². The van der Waals surface area contributed by atoms with Crippen LogP contribution in [-0.2, 0) is 18.4 Å². The first-order valence-electron chi connectivity index (χ1n) is 12.1. The number of hydrogen-bond acceptors (Lipinski definition) is 7. The van der Waals surface area contributed by atoms with Crippen LogP contribution in [0.25, 0.3) is 33.2 Å². The third kappa shape index (κ3) is 4.47. The van der Waals surface area contributed by atoms with Crippen molar-refractivity contribution in [1.29, 1.82) is 0 Å². The molecule has 0 radical (unpaired) electrons. The molecule has 3 aromatic heterocycles. The second kappa shape index (κ2) is 9.49. The van der Waals surface area contributed by atoms with Crippen molar-refractivity contribution in [3.63, 3.8) is 0 Å². The molecule has 0 spiro atoms. The molecule has 1 aliphatic rings. The topological polar surface area (TPSA) is 81.3 Å². The number of likely N-dealkylation sites (tertiary alicyclic amines) is 1. The van der Waals surface area contributed by atoms with Crippen molar-refractivity contribution in [2.24, 2.45) is 7.05 Å². The highest BCUT2D eigenvalue weighted by Gasteiger charge is 2.27. The van der Waals surface area contributed by atoms with Crippen LogP contribution in [0.1, 0.15) is 25.6 Å². The first-order chi connectivity index (χ1) is 16.8. The third-order valence-electron chi connectivity index (χ3n) is 6.91. The Balaban J connectivity index is 1.31. The summed E-state index contributed by atoms with van der Waals surface area (Å²) in [6.45, 7) is 8.41. The lowest BCUT2D eigenvalue weighted by Gasteiger charge is -2.42. The molecule has 0 saturated carbocycles. The van der Waals surface area contributed by atoms with Crippen LogP contribution in [-0.4, -0.2) is 80.5 Å². The molecule has 4 heterocycles. The molecule has 0 amide bonds. The summed E-state index contributed by atoms with van der Waals surface area (Å²) in [6.07, 6.45) is 1.88. The molecule has 9 heteroatoms. The Morgan fingerprint density at radius 1 is 1.11 bits per heavy atom. The van der Waals surface area contributed by atoms with Gasteiger partial charge < -0.3 is 9.64 Å². The summed E-state index contributed by atoms with van der Waals surface area (Å²) in [7, 11) is 6.00. The number of benzene rings is 1. The van der Waals surface area contributed by atoms with Crippen LogP contribution in [0.5, 0.6) is 0 Å². The Kier molecular flexibility index (Phi) is 6.39. The fraction of sp³-hybridized carbons (Fsp3) is 0.462. The summed E-state index contributed by atoms with van der Waals surface area (Å²) < 4.78 is 9.20. The van der Waals surface area contributed by atoms with E-state index in [2.05, 4.69) is 51.2 Å². The average Bonchev–Trinajstić information content (AvgIpc) is 3.08. The van der Waals surface area contributed by atoms with Gasteiger partial charge in [0.2, 0.25) is 0 Å². The van der Waals surface area contributed by atoms with Crippen LogP contribution in [0.15, 0.2) is 41.3 Å². The Morgan fingerprint density at radius 3 is 2.57 bits per heavy atom. The molecule has 35 heavy (non-hydrogen) atoms. The molecule has 0 aliphatic carbocycles. The fourth-order valence-electron chi connectivity index (χ4n) is 4.65. The standard InChI is InChI=1S/C26H33N7O2/c1-17(2)33-24-22-12-18(7-9-23(22)28-29-25(24)31(5)26(33)34)19-6-8-20(27-13-19)16-35-11-10-32-14-21(15-32)30(3)4/h6-9,12-13,17,21H,10-11,14-16H2,1-5H3. The lowest BCUT2D eigenvalue weighted by atomic mass is 10.0. The van der Waals surface area contributed by atoms with E-state index in [1.807, 2.05) is 38.2 Å². The number of imidazole rings is 1. The van der Waals surface area contributed by atoms with E-state index in [4.69, 9.17) is 4.74 Å². The highest BCUT2D eigenvalue weighted by Crippen LogP contribution is 2.28. The second-order valence-corrected chi connectivity index (χ2v) is 9.88. The van der Waals surface area contributed by atoms with Gasteiger partial charge in [0.05, 0.1) is 24.4 Å². The zero-order valence-corrected chi connectivity index (χ0v) is 21.1.